The summed E-state index contributed by atoms with van der Waals surface area (Å²) in [5, 5.41) is 19.7. The predicted octanol–water partition coefficient (Wildman–Crippen LogP) is 4.97. The summed E-state index contributed by atoms with van der Waals surface area (Å²) in [4.78, 5) is 14.1. The SMILES string of the molecule is O=C1/C(=C/c2ccccc2)SC(c2ccccc2)N1Nc1nnc(Cn2nnc3ccccc32)s1. The third-order valence-corrected chi connectivity index (χ3v) is 7.54. The van der Waals surface area contributed by atoms with E-state index in [9.17, 15) is 4.79 Å². The molecule has 1 amide bonds. The molecule has 6 rings (SSSR count). The molecule has 1 saturated heterocycles. The summed E-state index contributed by atoms with van der Waals surface area (Å²) in [6, 6.07) is 27.6. The Morgan fingerprint density at radius 1 is 0.886 bits per heavy atom. The Morgan fingerprint density at radius 3 is 2.46 bits per heavy atom. The van der Waals surface area contributed by atoms with Crippen LogP contribution >= 0.6 is 23.1 Å². The number of hydrogen-bond acceptors (Lipinski definition) is 8. The van der Waals surface area contributed by atoms with Gasteiger partial charge in [0.15, 0.2) is 0 Å². The molecule has 35 heavy (non-hydrogen) atoms. The van der Waals surface area contributed by atoms with Crippen molar-refractivity contribution >= 4 is 51.2 Å². The number of para-hydroxylation sites is 1. The van der Waals surface area contributed by atoms with Gasteiger partial charge >= 0.3 is 0 Å². The Balaban J connectivity index is 1.26. The lowest BCUT2D eigenvalue weighted by Crippen LogP contribution is -2.33. The lowest BCUT2D eigenvalue weighted by molar-refractivity contribution is -0.124. The molecule has 1 aliphatic rings. The highest BCUT2D eigenvalue weighted by molar-refractivity contribution is 8.04. The van der Waals surface area contributed by atoms with Crippen molar-refractivity contribution in [3.05, 3.63) is 106 Å². The van der Waals surface area contributed by atoms with Crippen LogP contribution in [0.3, 0.4) is 0 Å². The minimum absolute atomic E-state index is 0.105. The fourth-order valence-electron chi connectivity index (χ4n) is 3.82. The van der Waals surface area contributed by atoms with Crippen molar-refractivity contribution in [3.8, 4) is 0 Å². The monoisotopic (exact) mass is 497 g/mol. The lowest BCUT2D eigenvalue weighted by atomic mass is 10.2. The van der Waals surface area contributed by atoms with E-state index in [1.165, 1.54) is 23.1 Å². The van der Waals surface area contributed by atoms with E-state index in [1.807, 2.05) is 91.0 Å². The van der Waals surface area contributed by atoms with Gasteiger partial charge < -0.3 is 0 Å². The molecule has 8 nitrogen and oxygen atoms in total. The fourth-order valence-corrected chi connectivity index (χ4v) is 5.73. The number of anilines is 1. The molecule has 1 N–H and O–H groups in total. The molecule has 172 valence electrons. The third kappa shape index (κ3) is 4.41. The van der Waals surface area contributed by atoms with Gasteiger partial charge in [0, 0.05) is 0 Å². The molecule has 1 fully saturated rings. The van der Waals surface area contributed by atoms with Crippen LogP contribution in [0.25, 0.3) is 17.1 Å². The number of fused-ring (bicyclic) bond motifs is 1. The zero-order valence-corrected chi connectivity index (χ0v) is 20.0. The molecule has 10 heteroatoms. The van der Waals surface area contributed by atoms with E-state index < -0.39 is 0 Å². The molecule has 0 bridgehead atoms. The molecular weight excluding hydrogens is 478 g/mol. The van der Waals surface area contributed by atoms with Crippen molar-refractivity contribution in [3.63, 3.8) is 0 Å². The number of hydrazine groups is 1. The summed E-state index contributed by atoms with van der Waals surface area (Å²) in [7, 11) is 0. The first-order chi connectivity index (χ1) is 17.2. The van der Waals surface area contributed by atoms with Crippen LogP contribution in [-0.4, -0.2) is 36.1 Å². The second kappa shape index (κ2) is 9.32. The molecule has 1 atom stereocenters. The van der Waals surface area contributed by atoms with E-state index in [-0.39, 0.29) is 11.3 Å². The second-order valence-corrected chi connectivity index (χ2v) is 10.0. The van der Waals surface area contributed by atoms with Gasteiger partial charge in [-0.15, -0.1) is 15.3 Å². The summed E-state index contributed by atoms with van der Waals surface area (Å²) in [6.07, 6.45) is 1.92. The quantitative estimate of drug-likeness (QED) is 0.331. The first-order valence-corrected chi connectivity index (χ1v) is 12.6. The highest BCUT2D eigenvalue weighted by Crippen LogP contribution is 2.46. The van der Waals surface area contributed by atoms with Crippen molar-refractivity contribution in [2.75, 3.05) is 5.43 Å². The predicted molar refractivity (Wildman–Crippen MR) is 138 cm³/mol. The summed E-state index contributed by atoms with van der Waals surface area (Å²) in [5.41, 5.74) is 6.98. The number of nitrogens with zero attached hydrogens (tertiary/aromatic N) is 6. The molecule has 3 heterocycles. The Bertz CT molecular complexity index is 1510. The van der Waals surface area contributed by atoms with Gasteiger partial charge in [-0.3, -0.25) is 10.2 Å². The largest absolute Gasteiger partial charge is 0.280 e. The smallest absolute Gasteiger partial charge is 0.267 e. The molecule has 1 aliphatic heterocycles. The number of carbonyl (C=O) groups is 1. The van der Waals surface area contributed by atoms with Crippen molar-refractivity contribution < 1.29 is 4.79 Å². The molecule has 0 radical (unpaired) electrons. The lowest BCUT2D eigenvalue weighted by Gasteiger charge is -2.23. The average molecular weight is 498 g/mol. The van der Waals surface area contributed by atoms with Crippen molar-refractivity contribution in [2.45, 2.75) is 11.9 Å². The van der Waals surface area contributed by atoms with Crippen LogP contribution in [0.1, 0.15) is 21.5 Å². The Labute approximate surface area is 209 Å². The van der Waals surface area contributed by atoms with Gasteiger partial charge in [-0.2, -0.15) is 0 Å². The maximum atomic E-state index is 13.4. The number of nitrogens with one attached hydrogen (secondary N) is 1. The van der Waals surface area contributed by atoms with E-state index >= 15 is 0 Å². The Hall–Kier alpha value is -4.02. The molecular formula is C25H19N7OS2. The van der Waals surface area contributed by atoms with E-state index in [2.05, 4.69) is 25.9 Å². The molecule has 0 spiro atoms. The summed E-state index contributed by atoms with van der Waals surface area (Å²) in [6.45, 7) is 0.448. The minimum atomic E-state index is -0.231. The zero-order valence-electron chi connectivity index (χ0n) is 18.4. The van der Waals surface area contributed by atoms with Crippen LogP contribution in [0.15, 0.2) is 89.8 Å². The van der Waals surface area contributed by atoms with Crippen molar-refractivity contribution in [1.82, 2.24) is 30.2 Å². The first kappa shape index (κ1) is 21.5. The molecule has 2 aromatic heterocycles. The highest BCUT2D eigenvalue weighted by atomic mass is 32.2. The molecule has 3 aromatic carbocycles. The number of amides is 1. The second-order valence-electron chi connectivity index (χ2n) is 7.82. The number of aromatic nitrogens is 5. The van der Waals surface area contributed by atoms with E-state index in [1.54, 1.807) is 9.69 Å². The fraction of sp³-hybridized carbons (Fsp3) is 0.0800. The summed E-state index contributed by atoms with van der Waals surface area (Å²) >= 11 is 2.90. The van der Waals surface area contributed by atoms with E-state index in [0.717, 1.165) is 27.2 Å². The van der Waals surface area contributed by atoms with Gasteiger partial charge in [0.25, 0.3) is 5.91 Å². The van der Waals surface area contributed by atoms with E-state index in [0.29, 0.717) is 16.6 Å². The van der Waals surface area contributed by atoms with Crippen molar-refractivity contribution in [1.29, 1.82) is 0 Å². The number of hydrogen-bond donors (Lipinski definition) is 1. The maximum absolute atomic E-state index is 13.4. The minimum Gasteiger partial charge on any atom is -0.267 e. The molecule has 1 unspecified atom stereocenters. The van der Waals surface area contributed by atoms with Crippen LogP contribution < -0.4 is 5.43 Å². The Morgan fingerprint density at radius 2 is 1.63 bits per heavy atom. The van der Waals surface area contributed by atoms with Crippen LogP contribution in [-0.2, 0) is 11.3 Å². The normalized spacial score (nSPS) is 16.9. The van der Waals surface area contributed by atoms with Crippen LogP contribution in [0.4, 0.5) is 5.13 Å². The average Bonchev–Trinajstić information content (AvgIpc) is 3.60. The molecule has 0 aliphatic carbocycles. The van der Waals surface area contributed by atoms with Crippen LogP contribution in [0, 0.1) is 0 Å². The van der Waals surface area contributed by atoms with Gasteiger partial charge in [-0.25, -0.2) is 9.69 Å². The standard InChI is InChI=1S/C25H19N7OS2/c33-23-21(15-17-9-3-1-4-10-17)34-24(18-11-5-2-6-12-18)32(23)29-25-28-27-22(35-25)16-31-20-14-8-7-13-19(20)26-30-31/h1-15,24H,16H2,(H,28,29)/b21-15-. The number of rotatable bonds is 6. The van der Waals surface area contributed by atoms with Gasteiger partial charge in [-0.1, -0.05) is 101 Å². The topological polar surface area (TPSA) is 88.8 Å². The van der Waals surface area contributed by atoms with Gasteiger partial charge in [0.2, 0.25) is 5.13 Å². The van der Waals surface area contributed by atoms with Crippen LogP contribution in [0.5, 0.6) is 0 Å². The molecule has 5 aromatic rings. The van der Waals surface area contributed by atoms with Gasteiger partial charge in [0.1, 0.15) is 15.9 Å². The highest BCUT2D eigenvalue weighted by Gasteiger charge is 2.38. The zero-order chi connectivity index (χ0) is 23.6. The molecule has 0 saturated carbocycles. The number of thioether (sulfide) groups is 1. The van der Waals surface area contributed by atoms with E-state index in [4.69, 9.17) is 0 Å². The Kier molecular flexibility index (Phi) is 5.73. The number of carbonyl (C=O) groups excluding carboxylic acids is 1. The van der Waals surface area contributed by atoms with Crippen molar-refractivity contribution in [2.24, 2.45) is 0 Å². The number of benzene rings is 3. The van der Waals surface area contributed by atoms with Gasteiger partial charge in [-0.05, 0) is 29.3 Å². The van der Waals surface area contributed by atoms with Crippen LogP contribution in [0.2, 0.25) is 0 Å². The summed E-state index contributed by atoms with van der Waals surface area (Å²) < 4.78 is 1.80. The third-order valence-electron chi connectivity index (χ3n) is 5.47. The first-order valence-electron chi connectivity index (χ1n) is 10.9. The maximum Gasteiger partial charge on any atom is 0.280 e. The summed E-state index contributed by atoms with van der Waals surface area (Å²) in [5.74, 6) is -0.105. The van der Waals surface area contributed by atoms with Gasteiger partial charge in [0.05, 0.1) is 17.0 Å².